The molecule has 0 aromatic carbocycles. The number of hydrogen-bond acceptors (Lipinski definition) is 3. The first-order chi connectivity index (χ1) is 4.81. The average Bonchev–Trinajstić information content (AvgIpc) is 1.53. The molecule has 12 heavy (non-hydrogen) atoms. The van der Waals surface area contributed by atoms with Crippen molar-refractivity contribution in [2.24, 2.45) is 5.73 Å². The highest BCUT2D eigenvalue weighted by Gasteiger charge is 2.15. The van der Waals surface area contributed by atoms with Crippen LogP contribution in [0.1, 0.15) is 20.8 Å². The van der Waals surface area contributed by atoms with Gasteiger partial charge in [-0.05, 0) is 20.8 Å². The number of carbonyl (C=O) groups excluding carboxylic acids is 1. The molecule has 6 heteroatoms. The predicted molar refractivity (Wildman–Crippen MR) is 48.5 cm³/mol. The monoisotopic (exact) mass is 195 g/mol. The van der Waals surface area contributed by atoms with Crippen molar-refractivity contribution < 1.29 is 9.53 Å². The van der Waals surface area contributed by atoms with Crippen LogP contribution in [-0.4, -0.2) is 17.7 Å². The molecule has 1 amide bonds. The molecule has 72 valence electrons. The average molecular weight is 196 g/mol. The van der Waals surface area contributed by atoms with Crippen LogP contribution >= 0.6 is 12.4 Å². The van der Waals surface area contributed by atoms with Crippen LogP contribution in [0.15, 0.2) is 0 Å². The minimum absolute atomic E-state index is 0. The summed E-state index contributed by atoms with van der Waals surface area (Å²) in [5.41, 5.74) is 4.33. The van der Waals surface area contributed by atoms with Crippen LogP contribution in [0.3, 0.4) is 0 Å². The summed E-state index contributed by atoms with van der Waals surface area (Å²) in [6.45, 7) is 5.19. The third-order valence-electron chi connectivity index (χ3n) is 0.636. The Hall–Kier alpha value is -0.970. The van der Waals surface area contributed by atoms with Gasteiger partial charge in [-0.25, -0.2) is 4.79 Å². The summed E-state index contributed by atoms with van der Waals surface area (Å²) in [5, 5.41) is 8.70. The van der Waals surface area contributed by atoms with E-state index in [0.29, 0.717) is 0 Å². The van der Waals surface area contributed by atoms with E-state index in [9.17, 15) is 4.79 Å². The van der Waals surface area contributed by atoms with Crippen LogP contribution in [0.4, 0.5) is 4.79 Å². The fourth-order valence-corrected chi connectivity index (χ4v) is 0.414. The Bertz CT molecular complexity index is 176. The van der Waals surface area contributed by atoms with Gasteiger partial charge in [-0.2, -0.15) is 0 Å². The van der Waals surface area contributed by atoms with Gasteiger partial charge in [0.2, 0.25) is 0 Å². The number of carbonyl (C=O) groups is 1. The van der Waals surface area contributed by atoms with Gasteiger partial charge >= 0.3 is 6.09 Å². The highest BCUT2D eigenvalue weighted by molar-refractivity contribution is 5.91. The standard InChI is InChI=1S/C6H13N3O2.ClH/c1-6(2,3)11-5(10)9-4(7)8;/h1-3H3,(H4,7,8,9,10);1H. The van der Waals surface area contributed by atoms with Gasteiger partial charge in [0.25, 0.3) is 0 Å². The lowest BCUT2D eigenvalue weighted by Crippen LogP contribution is -2.39. The van der Waals surface area contributed by atoms with Crippen molar-refractivity contribution in [3.05, 3.63) is 0 Å². The normalized spacial score (nSPS) is 9.58. The predicted octanol–water partition coefficient (Wildman–Crippen LogP) is 0.826. The zero-order chi connectivity index (χ0) is 9.07. The lowest BCUT2D eigenvalue weighted by atomic mass is 10.2. The summed E-state index contributed by atoms with van der Waals surface area (Å²) in [5.74, 6) is -0.417. The molecule has 5 nitrogen and oxygen atoms in total. The summed E-state index contributed by atoms with van der Waals surface area (Å²) in [6, 6.07) is 0. The van der Waals surface area contributed by atoms with Crippen molar-refractivity contribution >= 4 is 24.5 Å². The highest BCUT2D eigenvalue weighted by atomic mass is 35.5. The lowest BCUT2D eigenvalue weighted by Gasteiger charge is -2.18. The van der Waals surface area contributed by atoms with Gasteiger partial charge in [0, 0.05) is 0 Å². The van der Waals surface area contributed by atoms with Gasteiger partial charge in [-0.1, -0.05) is 0 Å². The topological polar surface area (TPSA) is 88.2 Å². The first kappa shape index (κ1) is 13.6. The number of alkyl carbamates (subject to hydrolysis) is 1. The first-order valence-corrected chi connectivity index (χ1v) is 3.15. The lowest BCUT2D eigenvalue weighted by molar-refractivity contribution is 0.0562. The molecule has 4 N–H and O–H groups in total. The molecule has 0 bridgehead atoms. The summed E-state index contributed by atoms with van der Waals surface area (Å²) < 4.78 is 4.78. The van der Waals surface area contributed by atoms with Crippen LogP contribution in [0.2, 0.25) is 0 Å². The second-order valence-corrected chi connectivity index (χ2v) is 3.04. The summed E-state index contributed by atoms with van der Waals surface area (Å²) in [4.78, 5) is 10.7. The fourth-order valence-electron chi connectivity index (χ4n) is 0.414. The Labute approximate surface area is 77.6 Å². The first-order valence-electron chi connectivity index (χ1n) is 3.15. The maximum Gasteiger partial charge on any atom is 0.414 e. The molecule has 0 aliphatic heterocycles. The van der Waals surface area contributed by atoms with E-state index in [0.717, 1.165) is 0 Å². The Morgan fingerprint density at radius 2 is 1.92 bits per heavy atom. The van der Waals surface area contributed by atoms with E-state index >= 15 is 0 Å². The number of hydrogen-bond donors (Lipinski definition) is 3. The largest absolute Gasteiger partial charge is 0.444 e. The van der Waals surface area contributed by atoms with Crippen molar-refractivity contribution in [3.63, 3.8) is 0 Å². The van der Waals surface area contributed by atoms with Crippen LogP contribution < -0.4 is 11.1 Å². The van der Waals surface area contributed by atoms with Crippen molar-refractivity contribution in [1.82, 2.24) is 5.32 Å². The molecule has 0 aliphatic carbocycles. The van der Waals surface area contributed by atoms with E-state index in [-0.39, 0.29) is 12.4 Å². The Kier molecular flexibility index (Phi) is 5.46. The number of nitrogens with one attached hydrogen (secondary N) is 2. The van der Waals surface area contributed by atoms with Crippen molar-refractivity contribution in [2.75, 3.05) is 0 Å². The third kappa shape index (κ3) is 9.03. The minimum Gasteiger partial charge on any atom is -0.444 e. The van der Waals surface area contributed by atoms with Gasteiger partial charge in [0.15, 0.2) is 5.96 Å². The van der Waals surface area contributed by atoms with E-state index < -0.39 is 17.7 Å². The van der Waals surface area contributed by atoms with E-state index in [2.05, 4.69) is 0 Å². The summed E-state index contributed by atoms with van der Waals surface area (Å²) >= 11 is 0. The van der Waals surface area contributed by atoms with Gasteiger partial charge in [0.05, 0.1) is 0 Å². The molecular weight excluding hydrogens is 182 g/mol. The summed E-state index contributed by atoms with van der Waals surface area (Å²) in [7, 11) is 0. The number of nitrogens with two attached hydrogens (primary N) is 1. The molecule has 0 aromatic rings. The quantitative estimate of drug-likeness (QED) is 0.395. The number of rotatable bonds is 0. The maximum absolute atomic E-state index is 10.7. The van der Waals surface area contributed by atoms with Crippen molar-refractivity contribution in [1.29, 1.82) is 5.41 Å². The maximum atomic E-state index is 10.7. The highest BCUT2D eigenvalue weighted by Crippen LogP contribution is 2.05. The number of halogens is 1. The minimum atomic E-state index is -0.704. The molecule has 0 heterocycles. The van der Waals surface area contributed by atoms with Gasteiger partial charge < -0.3 is 10.5 Å². The smallest absolute Gasteiger partial charge is 0.414 e. The molecule has 0 atom stereocenters. The number of ether oxygens (including phenoxy) is 1. The molecule has 0 unspecified atom stereocenters. The van der Waals surface area contributed by atoms with Crippen LogP contribution in [0.5, 0.6) is 0 Å². The van der Waals surface area contributed by atoms with Crippen LogP contribution in [-0.2, 0) is 4.74 Å². The number of guanidine groups is 1. The fraction of sp³-hybridized carbons (Fsp3) is 0.667. The third-order valence-corrected chi connectivity index (χ3v) is 0.636. The molecule has 0 aliphatic rings. The van der Waals surface area contributed by atoms with Crippen LogP contribution in [0.25, 0.3) is 0 Å². The van der Waals surface area contributed by atoms with Gasteiger partial charge in [-0.15, -0.1) is 12.4 Å². The zero-order valence-corrected chi connectivity index (χ0v) is 8.12. The van der Waals surface area contributed by atoms with E-state index in [1.807, 2.05) is 5.32 Å². The van der Waals surface area contributed by atoms with E-state index in [1.54, 1.807) is 20.8 Å². The zero-order valence-electron chi connectivity index (χ0n) is 7.30. The van der Waals surface area contributed by atoms with Crippen molar-refractivity contribution in [2.45, 2.75) is 26.4 Å². The molecule has 0 aromatic heterocycles. The second-order valence-electron chi connectivity index (χ2n) is 3.04. The molecule has 0 radical (unpaired) electrons. The Morgan fingerprint density at radius 3 is 2.17 bits per heavy atom. The molecule has 0 saturated heterocycles. The molecule has 0 saturated carbocycles. The summed E-state index contributed by atoms with van der Waals surface area (Å²) in [6.07, 6.45) is -0.704. The van der Waals surface area contributed by atoms with Gasteiger partial charge in [-0.3, -0.25) is 10.7 Å². The molecule has 0 rings (SSSR count). The Balaban J connectivity index is 0. The SMILES string of the molecule is CC(C)(C)OC(=O)NC(=N)N.Cl. The Morgan fingerprint density at radius 1 is 1.50 bits per heavy atom. The molecular formula is C6H14ClN3O2. The van der Waals surface area contributed by atoms with E-state index in [1.165, 1.54) is 0 Å². The van der Waals surface area contributed by atoms with E-state index in [4.69, 9.17) is 15.9 Å². The van der Waals surface area contributed by atoms with Crippen LogP contribution in [0, 0.1) is 5.41 Å². The van der Waals surface area contributed by atoms with Crippen molar-refractivity contribution in [3.8, 4) is 0 Å². The second kappa shape index (κ2) is 4.82. The molecule has 0 spiro atoms. The number of amides is 1. The molecule has 0 fully saturated rings. The van der Waals surface area contributed by atoms with Gasteiger partial charge in [0.1, 0.15) is 5.60 Å².